The molecule has 6 nitrogen and oxygen atoms in total. The summed E-state index contributed by atoms with van der Waals surface area (Å²) in [5.74, 6) is 0.219. The molecule has 0 aliphatic rings. The Morgan fingerprint density at radius 3 is 2.48 bits per heavy atom. The fourth-order valence-corrected chi connectivity index (χ4v) is 2.29. The number of esters is 1. The van der Waals surface area contributed by atoms with Crippen LogP contribution in [0.5, 0.6) is 5.75 Å². The van der Waals surface area contributed by atoms with Gasteiger partial charge >= 0.3 is 5.97 Å². The highest BCUT2D eigenvalue weighted by atomic mass is 19.1. The summed E-state index contributed by atoms with van der Waals surface area (Å²) >= 11 is 0. The van der Waals surface area contributed by atoms with Gasteiger partial charge in [-0.25, -0.2) is 9.18 Å². The smallest absolute Gasteiger partial charge is 0.338 e. The lowest BCUT2D eigenvalue weighted by Crippen LogP contribution is -2.09. The predicted molar refractivity (Wildman–Crippen MR) is 95.8 cm³/mol. The van der Waals surface area contributed by atoms with Crippen molar-refractivity contribution >= 4 is 5.97 Å². The summed E-state index contributed by atoms with van der Waals surface area (Å²) in [6, 6.07) is 12.4. The third kappa shape index (κ3) is 4.69. The molecule has 0 aliphatic carbocycles. The van der Waals surface area contributed by atoms with E-state index < -0.39 is 12.1 Å². The summed E-state index contributed by atoms with van der Waals surface area (Å²) < 4.78 is 29.4. The Kier molecular flexibility index (Phi) is 5.80. The fourth-order valence-electron chi connectivity index (χ4n) is 2.29. The van der Waals surface area contributed by atoms with Gasteiger partial charge in [0, 0.05) is 5.56 Å². The molecule has 7 heteroatoms. The van der Waals surface area contributed by atoms with Gasteiger partial charge in [0.05, 0.1) is 12.2 Å². The first-order chi connectivity index (χ1) is 13.1. The van der Waals surface area contributed by atoms with E-state index in [0.29, 0.717) is 23.5 Å². The molecule has 0 fully saturated rings. The molecule has 0 radical (unpaired) electrons. The third-order valence-corrected chi connectivity index (χ3v) is 3.73. The summed E-state index contributed by atoms with van der Waals surface area (Å²) in [6.45, 7) is 4.28. The van der Waals surface area contributed by atoms with Gasteiger partial charge in [-0.2, -0.15) is 0 Å². The van der Waals surface area contributed by atoms with Gasteiger partial charge in [0.1, 0.15) is 11.6 Å². The van der Waals surface area contributed by atoms with Gasteiger partial charge in [-0.1, -0.05) is 6.92 Å². The van der Waals surface area contributed by atoms with E-state index in [1.807, 2.05) is 6.92 Å². The van der Waals surface area contributed by atoms with E-state index in [-0.39, 0.29) is 17.6 Å². The van der Waals surface area contributed by atoms with Crippen molar-refractivity contribution in [1.29, 1.82) is 0 Å². The largest absolute Gasteiger partial charge is 0.494 e. The Hall–Kier alpha value is -3.22. The molecular formula is C20H19FN2O4. The van der Waals surface area contributed by atoms with Gasteiger partial charge in [-0.3, -0.25) is 0 Å². The minimum absolute atomic E-state index is 0.158. The van der Waals surface area contributed by atoms with E-state index in [2.05, 4.69) is 10.2 Å². The number of halogens is 1. The highest BCUT2D eigenvalue weighted by Gasteiger charge is 2.20. The van der Waals surface area contributed by atoms with Crippen LogP contribution in [0.3, 0.4) is 0 Å². The molecule has 0 unspecified atom stereocenters. The molecule has 0 spiro atoms. The first-order valence-corrected chi connectivity index (χ1v) is 8.60. The summed E-state index contributed by atoms with van der Waals surface area (Å²) in [5, 5.41) is 7.81. The average molecular weight is 370 g/mol. The first kappa shape index (κ1) is 18.6. The second-order valence-electron chi connectivity index (χ2n) is 5.87. The first-order valence-electron chi connectivity index (χ1n) is 8.60. The molecule has 0 amide bonds. The van der Waals surface area contributed by atoms with Crippen LogP contribution in [0.1, 0.15) is 42.6 Å². The number of benzene rings is 2. The predicted octanol–water partition coefficient (Wildman–Crippen LogP) is 4.58. The average Bonchev–Trinajstić information content (AvgIpc) is 3.17. The molecule has 0 N–H and O–H groups in total. The van der Waals surface area contributed by atoms with Crippen LogP contribution in [0.15, 0.2) is 52.9 Å². The molecule has 3 aromatic rings. The SMILES string of the molecule is CCCOc1ccc(C(=O)O[C@@H](C)c2nnc(-c3ccc(F)cc3)o2)cc1. The lowest BCUT2D eigenvalue weighted by atomic mass is 10.2. The van der Waals surface area contributed by atoms with Crippen LogP contribution in [-0.2, 0) is 4.74 Å². The Morgan fingerprint density at radius 1 is 1.11 bits per heavy atom. The van der Waals surface area contributed by atoms with Crippen LogP contribution in [0.2, 0.25) is 0 Å². The molecule has 0 saturated heterocycles. The van der Waals surface area contributed by atoms with Gasteiger partial charge < -0.3 is 13.9 Å². The minimum Gasteiger partial charge on any atom is -0.494 e. The Morgan fingerprint density at radius 2 is 1.81 bits per heavy atom. The molecule has 2 aromatic carbocycles. The quantitative estimate of drug-likeness (QED) is 0.567. The van der Waals surface area contributed by atoms with E-state index >= 15 is 0 Å². The maximum Gasteiger partial charge on any atom is 0.338 e. The van der Waals surface area contributed by atoms with Crippen LogP contribution >= 0.6 is 0 Å². The second kappa shape index (κ2) is 8.44. The minimum atomic E-state index is -0.727. The Labute approximate surface area is 155 Å². The number of carbonyl (C=O) groups is 1. The van der Waals surface area contributed by atoms with Crippen molar-refractivity contribution < 1.29 is 23.1 Å². The topological polar surface area (TPSA) is 74.5 Å². The highest BCUT2D eigenvalue weighted by molar-refractivity contribution is 5.89. The zero-order chi connectivity index (χ0) is 19.2. The third-order valence-electron chi connectivity index (χ3n) is 3.73. The summed E-state index contributed by atoms with van der Waals surface area (Å²) in [6.07, 6.45) is 0.181. The van der Waals surface area contributed by atoms with Crippen molar-refractivity contribution in [3.63, 3.8) is 0 Å². The molecule has 1 heterocycles. The molecule has 0 saturated carbocycles. The van der Waals surface area contributed by atoms with Crippen LogP contribution in [-0.4, -0.2) is 22.8 Å². The van der Waals surface area contributed by atoms with Gasteiger partial charge in [-0.05, 0) is 61.9 Å². The molecule has 140 valence electrons. The van der Waals surface area contributed by atoms with Gasteiger partial charge in [0.2, 0.25) is 5.89 Å². The number of hydrogen-bond acceptors (Lipinski definition) is 6. The fraction of sp³-hybridized carbons (Fsp3) is 0.250. The standard InChI is InChI=1S/C20H19FN2O4/c1-3-12-25-17-10-6-15(7-11-17)20(24)26-13(2)18-22-23-19(27-18)14-4-8-16(21)9-5-14/h4-11,13H,3,12H2,1-2H3/t13-/m0/s1. The Balaban J connectivity index is 1.63. The second-order valence-corrected chi connectivity index (χ2v) is 5.87. The van der Waals surface area contributed by atoms with Crippen molar-refractivity contribution in [3.8, 4) is 17.2 Å². The molecule has 0 aliphatic heterocycles. The summed E-state index contributed by atoms with van der Waals surface area (Å²) in [4.78, 5) is 12.3. The summed E-state index contributed by atoms with van der Waals surface area (Å²) in [7, 11) is 0. The van der Waals surface area contributed by atoms with Crippen molar-refractivity contribution in [1.82, 2.24) is 10.2 Å². The number of rotatable bonds is 7. The van der Waals surface area contributed by atoms with E-state index in [1.54, 1.807) is 31.2 Å². The molecule has 1 atom stereocenters. The van der Waals surface area contributed by atoms with Crippen LogP contribution in [0.4, 0.5) is 4.39 Å². The van der Waals surface area contributed by atoms with Crippen molar-refractivity contribution in [3.05, 3.63) is 65.8 Å². The van der Waals surface area contributed by atoms with Gasteiger partial charge in [0.25, 0.3) is 5.89 Å². The monoisotopic (exact) mass is 370 g/mol. The molecule has 27 heavy (non-hydrogen) atoms. The van der Waals surface area contributed by atoms with Gasteiger partial charge in [0.15, 0.2) is 6.10 Å². The highest BCUT2D eigenvalue weighted by Crippen LogP contribution is 2.23. The normalized spacial score (nSPS) is 11.8. The number of nitrogens with zero attached hydrogens (tertiary/aromatic N) is 2. The van der Waals surface area contributed by atoms with Crippen molar-refractivity contribution in [2.75, 3.05) is 6.61 Å². The van der Waals surface area contributed by atoms with Crippen molar-refractivity contribution in [2.24, 2.45) is 0 Å². The van der Waals surface area contributed by atoms with E-state index in [1.165, 1.54) is 24.3 Å². The number of ether oxygens (including phenoxy) is 2. The maximum absolute atomic E-state index is 13.0. The number of aromatic nitrogens is 2. The number of carbonyl (C=O) groups excluding carboxylic acids is 1. The molecule has 1 aromatic heterocycles. The van der Waals surface area contributed by atoms with E-state index in [0.717, 1.165) is 6.42 Å². The molecule has 3 rings (SSSR count). The van der Waals surface area contributed by atoms with Crippen LogP contribution in [0.25, 0.3) is 11.5 Å². The van der Waals surface area contributed by atoms with Crippen molar-refractivity contribution in [2.45, 2.75) is 26.4 Å². The lowest BCUT2D eigenvalue weighted by Gasteiger charge is -2.10. The lowest BCUT2D eigenvalue weighted by molar-refractivity contribution is 0.0280. The zero-order valence-corrected chi connectivity index (χ0v) is 15.0. The van der Waals surface area contributed by atoms with E-state index in [9.17, 15) is 9.18 Å². The number of hydrogen-bond donors (Lipinski definition) is 0. The van der Waals surface area contributed by atoms with Gasteiger partial charge in [-0.15, -0.1) is 10.2 Å². The molecular weight excluding hydrogens is 351 g/mol. The Bertz CT molecular complexity index is 891. The molecule has 0 bridgehead atoms. The van der Waals surface area contributed by atoms with Crippen LogP contribution in [0, 0.1) is 5.82 Å². The van der Waals surface area contributed by atoms with E-state index in [4.69, 9.17) is 13.9 Å². The maximum atomic E-state index is 13.0. The van der Waals surface area contributed by atoms with Crippen LogP contribution < -0.4 is 4.74 Å². The zero-order valence-electron chi connectivity index (χ0n) is 15.0. The summed E-state index contributed by atoms with van der Waals surface area (Å²) in [5.41, 5.74) is 0.973.